The summed E-state index contributed by atoms with van der Waals surface area (Å²) in [4.78, 5) is 0. The van der Waals surface area contributed by atoms with Gasteiger partial charge in [0, 0.05) is 6.61 Å². The van der Waals surface area contributed by atoms with Gasteiger partial charge in [0.2, 0.25) is 0 Å². The van der Waals surface area contributed by atoms with Crippen molar-refractivity contribution >= 4 is 10.1 Å². The molecule has 4 nitrogen and oxygen atoms in total. The van der Waals surface area contributed by atoms with Crippen LogP contribution in [-0.2, 0) is 14.9 Å². The minimum absolute atomic E-state index is 0. The topological polar surface area (TPSA) is 63.6 Å². The molecule has 0 aliphatic rings. The van der Waals surface area contributed by atoms with Crippen LogP contribution in [0.2, 0.25) is 0 Å². The van der Waals surface area contributed by atoms with Crippen molar-refractivity contribution < 1.29 is 79.4 Å². The van der Waals surface area contributed by atoms with Crippen molar-refractivity contribution in [3.05, 3.63) is 0 Å². The largest absolute Gasteiger partial charge is 1.00 e. The van der Waals surface area contributed by atoms with Gasteiger partial charge >= 0.3 is 47.6 Å². The zero-order valence-electron chi connectivity index (χ0n) is 11.1. The van der Waals surface area contributed by atoms with Crippen LogP contribution in [0, 0.1) is 0 Å². The van der Waals surface area contributed by atoms with Gasteiger partial charge < -0.3 is 6.16 Å². The first kappa shape index (κ1) is 22.7. The van der Waals surface area contributed by atoms with Crippen LogP contribution in [0.5, 0.6) is 0 Å². The molecule has 0 bridgehead atoms. The number of alkyl halides is 7. The Morgan fingerprint density at radius 1 is 1.05 bits per heavy atom. The number of rotatable bonds is 7. The van der Waals surface area contributed by atoms with Crippen LogP contribution in [0.25, 0.3) is 0 Å². The average molecular weight is 346 g/mol. The maximum absolute atomic E-state index is 12.6. The molecule has 0 heterocycles. The summed E-state index contributed by atoms with van der Waals surface area (Å²) in [7, 11) is -4.39. The van der Waals surface area contributed by atoms with E-state index in [-0.39, 0.29) is 31.0 Å². The van der Waals surface area contributed by atoms with Gasteiger partial charge in [0.15, 0.2) is 0 Å². The zero-order chi connectivity index (χ0) is 15.5. The molecule has 20 heavy (non-hydrogen) atoms. The molecule has 13 heteroatoms. The van der Waals surface area contributed by atoms with E-state index >= 15 is 0 Å². The molecule has 0 aromatic heterocycles. The van der Waals surface area contributed by atoms with Crippen molar-refractivity contribution in [2.75, 3.05) is 19.0 Å². The molecule has 1 N–H and O–H groups in total. The van der Waals surface area contributed by atoms with Gasteiger partial charge in [-0.1, -0.05) is 0 Å². The predicted octanol–water partition coefficient (Wildman–Crippen LogP) is -0.770. The molecule has 0 aromatic carbocycles. The van der Waals surface area contributed by atoms with Gasteiger partial charge in [-0.2, -0.15) is 39.2 Å². The molecule has 0 saturated heterocycles. The van der Waals surface area contributed by atoms with Crippen LogP contribution >= 0.6 is 0 Å². The second-order valence-electron chi connectivity index (χ2n) is 3.47. The van der Waals surface area contributed by atoms with Gasteiger partial charge in [-0.25, -0.2) is 0 Å². The SMILES string of the molecule is O=S(=O)(O)CCCOCC(F)(F)C(F)(F)C(F)(F)F.[H-].[Na+]. The molecule has 0 saturated carbocycles. The van der Waals surface area contributed by atoms with Gasteiger partial charge in [-0.15, -0.1) is 0 Å². The van der Waals surface area contributed by atoms with Crippen molar-refractivity contribution in [2.45, 2.75) is 24.4 Å². The first-order valence-electron chi connectivity index (χ1n) is 4.56. The summed E-state index contributed by atoms with van der Waals surface area (Å²) < 4.78 is 117. The standard InChI is InChI=1S/C7H9F7O4S.Na.H/c8-5(9,6(10,11)7(12,13)14)4-18-2-1-3-19(15,16)17;;/h1-4H2,(H,15,16,17);;/q;+1;-1. The van der Waals surface area contributed by atoms with E-state index < -0.39 is 53.5 Å². The predicted molar refractivity (Wildman–Crippen MR) is 48.9 cm³/mol. The van der Waals surface area contributed by atoms with Crippen LogP contribution < -0.4 is 29.6 Å². The summed E-state index contributed by atoms with van der Waals surface area (Å²) in [6.45, 7) is -3.06. The fourth-order valence-corrected chi connectivity index (χ4v) is 1.32. The van der Waals surface area contributed by atoms with Crippen molar-refractivity contribution in [2.24, 2.45) is 0 Å². The second kappa shape index (κ2) is 7.58. The van der Waals surface area contributed by atoms with Crippen LogP contribution in [0.4, 0.5) is 30.7 Å². The number of ether oxygens (including phenoxy) is 1. The molecule has 0 rings (SSSR count). The van der Waals surface area contributed by atoms with E-state index in [4.69, 9.17) is 4.55 Å². The van der Waals surface area contributed by atoms with E-state index in [1.807, 2.05) is 0 Å². The maximum Gasteiger partial charge on any atom is 1.00 e. The average Bonchev–Trinajstić information content (AvgIpc) is 2.12. The summed E-state index contributed by atoms with van der Waals surface area (Å²) in [6.07, 6.45) is -6.97. The van der Waals surface area contributed by atoms with Crippen LogP contribution in [-0.4, -0.2) is 50.0 Å². The Balaban J connectivity index is -0.00000162. The molecule has 0 aromatic rings. The fraction of sp³-hybridized carbons (Fsp3) is 1.00. The van der Waals surface area contributed by atoms with E-state index in [2.05, 4.69) is 4.74 Å². The van der Waals surface area contributed by atoms with E-state index in [1.165, 1.54) is 0 Å². The Morgan fingerprint density at radius 2 is 1.50 bits per heavy atom. The van der Waals surface area contributed by atoms with Crippen LogP contribution in [0.3, 0.4) is 0 Å². The van der Waals surface area contributed by atoms with Crippen LogP contribution in [0.1, 0.15) is 7.85 Å². The normalized spacial score (nSPS) is 14.0. The molecule has 0 unspecified atom stereocenters. The van der Waals surface area contributed by atoms with Crippen molar-refractivity contribution in [3.8, 4) is 0 Å². The third kappa shape index (κ3) is 6.89. The number of hydrogen-bond donors (Lipinski definition) is 1. The molecule has 0 amide bonds. The molecule has 0 aliphatic heterocycles. The molecule has 0 fully saturated rings. The molecule has 118 valence electrons. The minimum atomic E-state index is -6.44. The van der Waals surface area contributed by atoms with Gasteiger partial charge in [-0.05, 0) is 6.42 Å². The Labute approximate surface area is 133 Å². The van der Waals surface area contributed by atoms with Gasteiger partial charge in [-0.3, -0.25) is 4.55 Å². The summed E-state index contributed by atoms with van der Waals surface area (Å²) in [5, 5.41) is 0. The van der Waals surface area contributed by atoms with Crippen molar-refractivity contribution in [1.29, 1.82) is 0 Å². The summed E-state index contributed by atoms with van der Waals surface area (Å²) >= 11 is 0. The summed E-state index contributed by atoms with van der Waals surface area (Å²) in [5.41, 5.74) is 0. The summed E-state index contributed by atoms with van der Waals surface area (Å²) in [6, 6.07) is 0. The van der Waals surface area contributed by atoms with Crippen molar-refractivity contribution in [3.63, 3.8) is 0 Å². The smallest absolute Gasteiger partial charge is 1.00 e. The van der Waals surface area contributed by atoms with E-state index in [9.17, 15) is 39.2 Å². The quantitative estimate of drug-likeness (QED) is 0.285. The minimum Gasteiger partial charge on any atom is -1.00 e. The van der Waals surface area contributed by atoms with E-state index in [1.54, 1.807) is 0 Å². The molecule has 0 spiro atoms. The third-order valence-electron chi connectivity index (χ3n) is 1.79. The molecule has 0 radical (unpaired) electrons. The Bertz CT molecular complexity index is 400. The van der Waals surface area contributed by atoms with E-state index in [0.29, 0.717) is 0 Å². The monoisotopic (exact) mass is 346 g/mol. The second-order valence-corrected chi connectivity index (χ2v) is 5.04. The maximum atomic E-state index is 12.6. The molecule has 0 aliphatic carbocycles. The Hall–Kier alpha value is 0.380. The molecular weight excluding hydrogens is 336 g/mol. The van der Waals surface area contributed by atoms with Crippen LogP contribution in [0.15, 0.2) is 0 Å². The van der Waals surface area contributed by atoms with Crippen molar-refractivity contribution in [1.82, 2.24) is 0 Å². The first-order valence-corrected chi connectivity index (χ1v) is 6.17. The van der Waals surface area contributed by atoms with E-state index in [0.717, 1.165) is 0 Å². The molecule has 0 atom stereocenters. The summed E-state index contributed by atoms with van der Waals surface area (Å²) in [5.74, 6) is -12.6. The Kier molecular flexibility index (Phi) is 8.59. The third-order valence-corrected chi connectivity index (χ3v) is 2.59. The first-order chi connectivity index (χ1) is 8.21. The van der Waals surface area contributed by atoms with Gasteiger partial charge in [0.1, 0.15) is 6.61 Å². The fourth-order valence-electron chi connectivity index (χ4n) is 0.842. The zero-order valence-corrected chi connectivity index (χ0v) is 12.9. The molecular formula is C7H10F7NaO4S. The number of halogens is 7. The number of hydrogen-bond acceptors (Lipinski definition) is 3. The van der Waals surface area contributed by atoms with Gasteiger partial charge in [0.05, 0.1) is 5.75 Å². The Morgan fingerprint density at radius 3 is 1.85 bits per heavy atom. The van der Waals surface area contributed by atoms with Gasteiger partial charge in [0.25, 0.3) is 10.1 Å².